The number of hydrogen-bond acceptors (Lipinski definition) is 4. The lowest BCUT2D eigenvalue weighted by Gasteiger charge is -2.12. The third kappa shape index (κ3) is 3.96. The molecule has 0 heterocycles. The molecule has 0 atom stereocenters. The van der Waals surface area contributed by atoms with Gasteiger partial charge in [0.25, 0.3) is 0 Å². The minimum Gasteiger partial charge on any atom is -0.490 e. The molecule has 1 aromatic rings. The molecule has 2 rings (SSSR count). The van der Waals surface area contributed by atoms with Crippen LogP contribution in [0, 0.1) is 5.41 Å². The van der Waals surface area contributed by atoms with Gasteiger partial charge in [0, 0.05) is 12.5 Å². The Bertz CT molecular complexity index is 438. The van der Waals surface area contributed by atoms with Crippen molar-refractivity contribution >= 4 is 5.97 Å². The summed E-state index contributed by atoms with van der Waals surface area (Å²) in [5.74, 6) is 0.228. The predicted molar refractivity (Wildman–Crippen MR) is 71.4 cm³/mol. The van der Waals surface area contributed by atoms with Gasteiger partial charge in [0.05, 0.1) is 13.2 Å². The first-order valence-electron chi connectivity index (χ1n) is 6.52. The number of carbonyl (C=O) groups excluding carboxylic acids is 1. The highest BCUT2D eigenvalue weighted by Crippen LogP contribution is 2.45. The first kappa shape index (κ1) is 13.9. The molecule has 1 fully saturated rings. The molecule has 19 heavy (non-hydrogen) atoms. The van der Waals surface area contributed by atoms with Gasteiger partial charge in [0.15, 0.2) is 0 Å². The first-order valence-corrected chi connectivity index (χ1v) is 6.52. The average Bonchev–Trinajstić information content (AvgIpc) is 3.15. The van der Waals surface area contributed by atoms with Crippen LogP contribution < -0.4 is 4.74 Å². The lowest BCUT2D eigenvalue weighted by atomic mass is 10.1. The zero-order valence-electron chi connectivity index (χ0n) is 11.5. The molecular weight excluding hydrogens is 244 g/mol. The maximum atomic E-state index is 12.0. The number of esters is 1. The van der Waals surface area contributed by atoms with Gasteiger partial charge in [-0.1, -0.05) is 19.1 Å². The lowest BCUT2D eigenvalue weighted by molar-refractivity contribution is 0.0424. The standard InChI is InChI=1S/C15H20O4/c1-15(7-8-15)11-19-14(16)12-5-3-4-6-13(12)18-10-9-17-2/h3-6H,7-11H2,1-2H3. The number of methoxy groups -OCH3 is 1. The summed E-state index contributed by atoms with van der Waals surface area (Å²) in [7, 11) is 1.61. The maximum Gasteiger partial charge on any atom is 0.341 e. The summed E-state index contributed by atoms with van der Waals surface area (Å²) < 4.78 is 15.8. The fraction of sp³-hybridized carbons (Fsp3) is 0.533. The molecule has 1 aromatic carbocycles. The Morgan fingerprint density at radius 1 is 1.26 bits per heavy atom. The Hall–Kier alpha value is -1.55. The van der Waals surface area contributed by atoms with Crippen molar-refractivity contribution in [2.75, 3.05) is 26.9 Å². The van der Waals surface area contributed by atoms with Crippen molar-refractivity contribution in [2.24, 2.45) is 5.41 Å². The highest BCUT2D eigenvalue weighted by Gasteiger charge is 2.38. The number of ether oxygens (including phenoxy) is 3. The minimum absolute atomic E-state index is 0.196. The fourth-order valence-corrected chi connectivity index (χ4v) is 1.67. The zero-order chi connectivity index (χ0) is 13.7. The van der Waals surface area contributed by atoms with E-state index in [9.17, 15) is 4.79 Å². The summed E-state index contributed by atoms with van der Waals surface area (Å²) in [5, 5.41) is 0. The second kappa shape index (κ2) is 6.06. The van der Waals surface area contributed by atoms with Gasteiger partial charge < -0.3 is 14.2 Å². The Labute approximate surface area is 113 Å². The summed E-state index contributed by atoms with van der Waals surface area (Å²) in [6.45, 7) is 3.51. The number of hydrogen-bond donors (Lipinski definition) is 0. The molecule has 0 aromatic heterocycles. The highest BCUT2D eigenvalue weighted by molar-refractivity contribution is 5.92. The van der Waals surface area contributed by atoms with Crippen LogP contribution >= 0.6 is 0 Å². The van der Waals surface area contributed by atoms with Crippen molar-refractivity contribution in [3.05, 3.63) is 29.8 Å². The lowest BCUT2D eigenvalue weighted by Crippen LogP contribution is -2.14. The molecule has 104 valence electrons. The van der Waals surface area contributed by atoms with Gasteiger partial charge >= 0.3 is 5.97 Å². The quantitative estimate of drug-likeness (QED) is 0.561. The zero-order valence-corrected chi connectivity index (χ0v) is 11.5. The summed E-state index contributed by atoms with van der Waals surface area (Å²) in [6, 6.07) is 7.13. The van der Waals surface area contributed by atoms with Crippen LogP contribution in [0.1, 0.15) is 30.1 Å². The SMILES string of the molecule is COCCOc1ccccc1C(=O)OCC1(C)CC1. The van der Waals surface area contributed by atoms with Crippen LogP contribution in [0.2, 0.25) is 0 Å². The van der Waals surface area contributed by atoms with E-state index in [1.807, 2.05) is 6.07 Å². The molecule has 0 aliphatic heterocycles. The number of rotatable bonds is 7. The van der Waals surface area contributed by atoms with Crippen molar-refractivity contribution in [1.82, 2.24) is 0 Å². The van der Waals surface area contributed by atoms with E-state index in [4.69, 9.17) is 14.2 Å². The summed E-state index contributed by atoms with van der Waals surface area (Å²) in [5.41, 5.74) is 0.671. The normalized spacial score (nSPS) is 15.9. The molecule has 0 spiro atoms. The first-order chi connectivity index (χ1) is 9.14. The van der Waals surface area contributed by atoms with E-state index in [1.54, 1.807) is 25.3 Å². The minimum atomic E-state index is -0.318. The van der Waals surface area contributed by atoms with E-state index in [-0.39, 0.29) is 11.4 Å². The van der Waals surface area contributed by atoms with E-state index < -0.39 is 0 Å². The second-order valence-electron chi connectivity index (χ2n) is 5.22. The fourth-order valence-electron chi connectivity index (χ4n) is 1.67. The van der Waals surface area contributed by atoms with E-state index in [0.717, 1.165) is 12.8 Å². The number of para-hydroxylation sites is 1. The largest absolute Gasteiger partial charge is 0.490 e. The molecule has 0 N–H and O–H groups in total. The van der Waals surface area contributed by atoms with Crippen molar-refractivity contribution < 1.29 is 19.0 Å². The van der Waals surface area contributed by atoms with Gasteiger partial charge in [-0.25, -0.2) is 4.79 Å². The van der Waals surface area contributed by atoms with Gasteiger partial charge in [-0.2, -0.15) is 0 Å². The predicted octanol–water partition coefficient (Wildman–Crippen LogP) is 2.67. The monoisotopic (exact) mass is 264 g/mol. The molecule has 4 heteroatoms. The molecule has 1 aliphatic rings. The summed E-state index contributed by atoms with van der Waals surface area (Å²) in [4.78, 5) is 12.0. The molecule has 0 radical (unpaired) electrons. The van der Waals surface area contributed by atoms with Crippen LogP contribution in [0.25, 0.3) is 0 Å². The summed E-state index contributed by atoms with van der Waals surface area (Å²) in [6.07, 6.45) is 2.26. The van der Waals surface area contributed by atoms with Gasteiger partial charge in [-0.3, -0.25) is 0 Å². The smallest absolute Gasteiger partial charge is 0.341 e. The Kier molecular flexibility index (Phi) is 4.43. The third-order valence-corrected chi connectivity index (χ3v) is 3.31. The van der Waals surface area contributed by atoms with Crippen LogP contribution in [0.15, 0.2) is 24.3 Å². The van der Waals surface area contributed by atoms with Gasteiger partial charge in [-0.15, -0.1) is 0 Å². The van der Waals surface area contributed by atoms with Crippen molar-refractivity contribution in [1.29, 1.82) is 0 Å². The molecule has 0 unspecified atom stereocenters. The highest BCUT2D eigenvalue weighted by atomic mass is 16.5. The Morgan fingerprint density at radius 3 is 2.68 bits per heavy atom. The Balaban J connectivity index is 1.95. The van der Waals surface area contributed by atoms with Crippen LogP contribution in [0.3, 0.4) is 0 Å². The van der Waals surface area contributed by atoms with Gasteiger partial charge in [0.1, 0.15) is 17.9 Å². The molecule has 4 nitrogen and oxygen atoms in total. The van der Waals surface area contributed by atoms with Crippen LogP contribution in [0.5, 0.6) is 5.75 Å². The van der Waals surface area contributed by atoms with Crippen LogP contribution in [-0.2, 0) is 9.47 Å². The maximum absolute atomic E-state index is 12.0. The molecule has 0 amide bonds. The van der Waals surface area contributed by atoms with Crippen LogP contribution in [-0.4, -0.2) is 32.9 Å². The van der Waals surface area contributed by atoms with E-state index in [1.165, 1.54) is 0 Å². The average molecular weight is 264 g/mol. The molecule has 0 bridgehead atoms. The van der Waals surface area contributed by atoms with E-state index >= 15 is 0 Å². The molecule has 1 aliphatic carbocycles. The van der Waals surface area contributed by atoms with Gasteiger partial charge in [0.2, 0.25) is 0 Å². The Morgan fingerprint density at radius 2 is 2.00 bits per heavy atom. The summed E-state index contributed by atoms with van der Waals surface area (Å²) >= 11 is 0. The van der Waals surface area contributed by atoms with Crippen LogP contribution in [0.4, 0.5) is 0 Å². The van der Waals surface area contributed by atoms with Crippen molar-refractivity contribution in [3.8, 4) is 5.75 Å². The molecular formula is C15H20O4. The molecule has 0 saturated heterocycles. The number of carbonyl (C=O) groups is 1. The third-order valence-electron chi connectivity index (χ3n) is 3.31. The topological polar surface area (TPSA) is 44.8 Å². The second-order valence-corrected chi connectivity index (χ2v) is 5.22. The number of benzene rings is 1. The molecule has 1 saturated carbocycles. The van der Waals surface area contributed by atoms with E-state index in [0.29, 0.717) is 31.1 Å². The van der Waals surface area contributed by atoms with Crippen molar-refractivity contribution in [3.63, 3.8) is 0 Å². The van der Waals surface area contributed by atoms with Crippen molar-refractivity contribution in [2.45, 2.75) is 19.8 Å². The van der Waals surface area contributed by atoms with E-state index in [2.05, 4.69) is 6.92 Å². The van der Waals surface area contributed by atoms with Gasteiger partial charge in [-0.05, 0) is 25.0 Å².